The molecule has 5 heteroatoms. The molecule has 1 aromatic rings. The molecule has 1 aliphatic rings. The van der Waals surface area contributed by atoms with Crippen LogP contribution in [0.25, 0.3) is 0 Å². The van der Waals surface area contributed by atoms with Crippen molar-refractivity contribution in [3.63, 3.8) is 0 Å². The van der Waals surface area contributed by atoms with Crippen molar-refractivity contribution in [3.05, 3.63) is 29.8 Å². The molecule has 20 heavy (non-hydrogen) atoms. The van der Waals surface area contributed by atoms with E-state index in [2.05, 4.69) is 10.6 Å². The molecule has 2 unspecified atom stereocenters. The average molecular weight is 278 g/mol. The maximum atomic E-state index is 12.1. The van der Waals surface area contributed by atoms with Crippen LogP contribution in [0.5, 0.6) is 5.75 Å². The molecule has 0 aliphatic carbocycles. The summed E-state index contributed by atoms with van der Waals surface area (Å²) in [6.07, 6.45) is 0. The van der Waals surface area contributed by atoms with Crippen molar-refractivity contribution >= 4 is 5.91 Å². The zero-order chi connectivity index (χ0) is 14.4. The molecule has 2 N–H and O–H groups in total. The highest BCUT2D eigenvalue weighted by Crippen LogP contribution is 2.19. The molecule has 0 aromatic heterocycles. The Kier molecular flexibility index (Phi) is 5.38. The van der Waals surface area contributed by atoms with E-state index in [4.69, 9.17) is 9.47 Å². The summed E-state index contributed by atoms with van der Waals surface area (Å²) in [6, 6.07) is 7.47. The van der Waals surface area contributed by atoms with E-state index in [9.17, 15) is 4.79 Å². The van der Waals surface area contributed by atoms with Crippen LogP contribution in [0.4, 0.5) is 0 Å². The highest BCUT2D eigenvalue weighted by molar-refractivity contribution is 5.82. The van der Waals surface area contributed by atoms with Gasteiger partial charge in [-0.25, -0.2) is 0 Å². The van der Waals surface area contributed by atoms with Gasteiger partial charge in [0, 0.05) is 6.54 Å². The monoisotopic (exact) mass is 278 g/mol. The summed E-state index contributed by atoms with van der Waals surface area (Å²) in [4.78, 5) is 12.1. The first-order chi connectivity index (χ1) is 9.70. The van der Waals surface area contributed by atoms with E-state index < -0.39 is 0 Å². The zero-order valence-electron chi connectivity index (χ0n) is 12.0. The van der Waals surface area contributed by atoms with Crippen molar-refractivity contribution in [2.45, 2.75) is 25.9 Å². The first-order valence-corrected chi connectivity index (χ1v) is 7.05. The number of hydrogen-bond donors (Lipinski definition) is 2. The van der Waals surface area contributed by atoms with Crippen LogP contribution >= 0.6 is 0 Å². The molecule has 0 spiro atoms. The second-order valence-corrected chi connectivity index (χ2v) is 4.82. The van der Waals surface area contributed by atoms with E-state index in [1.807, 2.05) is 38.1 Å². The maximum absolute atomic E-state index is 12.1. The second-order valence-electron chi connectivity index (χ2n) is 4.82. The normalized spacial score (nSPS) is 20.2. The minimum absolute atomic E-state index is 0.0287. The summed E-state index contributed by atoms with van der Waals surface area (Å²) in [6.45, 7) is 6.35. The van der Waals surface area contributed by atoms with E-state index in [0.29, 0.717) is 26.4 Å². The van der Waals surface area contributed by atoms with Gasteiger partial charge in [0.15, 0.2) is 0 Å². The van der Waals surface area contributed by atoms with Crippen LogP contribution in [-0.2, 0) is 9.53 Å². The number of benzene rings is 1. The summed E-state index contributed by atoms with van der Waals surface area (Å²) in [5.41, 5.74) is 1.03. The fourth-order valence-corrected chi connectivity index (χ4v) is 2.17. The number of carbonyl (C=O) groups excluding carboxylic acids is 1. The molecule has 1 aromatic carbocycles. The highest BCUT2D eigenvalue weighted by Gasteiger charge is 2.22. The van der Waals surface area contributed by atoms with Crippen LogP contribution in [0.3, 0.4) is 0 Å². The van der Waals surface area contributed by atoms with Crippen molar-refractivity contribution in [1.29, 1.82) is 0 Å². The van der Waals surface area contributed by atoms with Crippen molar-refractivity contribution in [1.82, 2.24) is 10.6 Å². The molecular weight excluding hydrogens is 256 g/mol. The van der Waals surface area contributed by atoms with Gasteiger partial charge in [-0.2, -0.15) is 0 Å². The van der Waals surface area contributed by atoms with Crippen molar-refractivity contribution in [2.24, 2.45) is 0 Å². The molecule has 1 amide bonds. The number of carbonyl (C=O) groups is 1. The lowest BCUT2D eigenvalue weighted by atomic mass is 10.1. The second kappa shape index (κ2) is 7.26. The molecule has 1 heterocycles. The number of hydrogen-bond acceptors (Lipinski definition) is 4. The van der Waals surface area contributed by atoms with Gasteiger partial charge in [0.1, 0.15) is 11.8 Å². The third kappa shape index (κ3) is 3.95. The summed E-state index contributed by atoms with van der Waals surface area (Å²) in [5.74, 6) is 0.796. The Morgan fingerprint density at radius 2 is 2.45 bits per heavy atom. The predicted octanol–water partition coefficient (Wildman–Crippen LogP) is 1.25. The number of morpholine rings is 1. The predicted molar refractivity (Wildman–Crippen MR) is 76.8 cm³/mol. The molecule has 0 radical (unpaired) electrons. The van der Waals surface area contributed by atoms with E-state index in [0.717, 1.165) is 11.3 Å². The smallest absolute Gasteiger partial charge is 0.240 e. The van der Waals surface area contributed by atoms with E-state index in [-0.39, 0.29) is 18.0 Å². The first kappa shape index (κ1) is 14.8. The van der Waals surface area contributed by atoms with Crippen LogP contribution in [0, 0.1) is 0 Å². The van der Waals surface area contributed by atoms with Gasteiger partial charge < -0.3 is 20.1 Å². The molecule has 1 aliphatic heterocycles. The van der Waals surface area contributed by atoms with E-state index >= 15 is 0 Å². The van der Waals surface area contributed by atoms with Gasteiger partial charge in [0.25, 0.3) is 0 Å². The lowest BCUT2D eigenvalue weighted by molar-refractivity contribution is -0.126. The van der Waals surface area contributed by atoms with Crippen LogP contribution in [-0.4, -0.2) is 38.3 Å². The van der Waals surface area contributed by atoms with Crippen LogP contribution in [0.15, 0.2) is 24.3 Å². The topological polar surface area (TPSA) is 59.6 Å². The molecule has 110 valence electrons. The van der Waals surface area contributed by atoms with Gasteiger partial charge in [0.05, 0.1) is 25.9 Å². The lowest BCUT2D eigenvalue weighted by Crippen LogP contribution is -2.51. The molecule has 2 atom stereocenters. The van der Waals surface area contributed by atoms with Gasteiger partial charge in [-0.15, -0.1) is 0 Å². The van der Waals surface area contributed by atoms with Crippen LogP contribution < -0.4 is 15.4 Å². The maximum Gasteiger partial charge on any atom is 0.240 e. The largest absolute Gasteiger partial charge is 0.494 e. The van der Waals surface area contributed by atoms with Gasteiger partial charge in [-0.3, -0.25) is 4.79 Å². The van der Waals surface area contributed by atoms with Gasteiger partial charge in [-0.05, 0) is 31.5 Å². The summed E-state index contributed by atoms with van der Waals surface area (Å²) in [5, 5.41) is 6.14. The number of ether oxygens (including phenoxy) is 2. The Balaban J connectivity index is 1.94. The SMILES string of the molecule is CCOc1cccc(C(C)NC(=O)C2COCCN2)c1. The van der Waals surface area contributed by atoms with E-state index in [1.54, 1.807) is 0 Å². The van der Waals surface area contributed by atoms with Crippen LogP contribution in [0.2, 0.25) is 0 Å². The molecule has 0 bridgehead atoms. The number of rotatable bonds is 5. The Morgan fingerprint density at radius 1 is 1.60 bits per heavy atom. The molecule has 5 nitrogen and oxygen atoms in total. The Hall–Kier alpha value is -1.59. The fourth-order valence-electron chi connectivity index (χ4n) is 2.17. The molecule has 1 saturated heterocycles. The zero-order valence-corrected chi connectivity index (χ0v) is 12.0. The number of nitrogens with one attached hydrogen (secondary N) is 2. The van der Waals surface area contributed by atoms with Crippen molar-refractivity contribution in [3.8, 4) is 5.75 Å². The summed E-state index contributed by atoms with van der Waals surface area (Å²) < 4.78 is 10.8. The third-order valence-electron chi connectivity index (χ3n) is 3.27. The average Bonchev–Trinajstić information content (AvgIpc) is 2.48. The molecule has 2 rings (SSSR count). The lowest BCUT2D eigenvalue weighted by Gasteiger charge is -2.25. The Morgan fingerprint density at radius 3 is 3.15 bits per heavy atom. The van der Waals surface area contributed by atoms with Gasteiger partial charge in [0.2, 0.25) is 5.91 Å². The summed E-state index contributed by atoms with van der Waals surface area (Å²) in [7, 11) is 0. The van der Waals surface area contributed by atoms with Gasteiger partial charge >= 0.3 is 0 Å². The van der Waals surface area contributed by atoms with Gasteiger partial charge in [-0.1, -0.05) is 12.1 Å². The quantitative estimate of drug-likeness (QED) is 0.851. The minimum atomic E-state index is -0.263. The van der Waals surface area contributed by atoms with E-state index in [1.165, 1.54) is 0 Å². The first-order valence-electron chi connectivity index (χ1n) is 7.05. The number of amides is 1. The van der Waals surface area contributed by atoms with Crippen molar-refractivity contribution in [2.75, 3.05) is 26.4 Å². The summed E-state index contributed by atoms with van der Waals surface area (Å²) >= 11 is 0. The molecular formula is C15H22N2O3. The van der Waals surface area contributed by atoms with Crippen LogP contribution in [0.1, 0.15) is 25.5 Å². The highest BCUT2D eigenvalue weighted by atomic mass is 16.5. The molecule has 0 saturated carbocycles. The Labute approximate surface area is 119 Å². The molecule has 1 fully saturated rings. The standard InChI is InChI=1S/C15H22N2O3/c1-3-20-13-6-4-5-12(9-13)11(2)17-15(18)14-10-19-8-7-16-14/h4-6,9,11,14,16H,3,7-8,10H2,1-2H3,(H,17,18). The third-order valence-corrected chi connectivity index (χ3v) is 3.27. The Bertz CT molecular complexity index is 444. The van der Waals surface area contributed by atoms with Crippen molar-refractivity contribution < 1.29 is 14.3 Å². The minimum Gasteiger partial charge on any atom is -0.494 e. The fraction of sp³-hybridized carbons (Fsp3) is 0.533.